The molecule has 2 aromatic carbocycles. The molecular weight excluding hydrogens is 461 g/mol. The number of ether oxygens (including phenoxy) is 1. The smallest absolute Gasteiger partial charge is 0.428 e. The van der Waals surface area contributed by atoms with Crippen LogP contribution in [0, 0.1) is 5.92 Å². The van der Waals surface area contributed by atoms with Crippen molar-refractivity contribution in [3.05, 3.63) is 54.1 Å². The molecule has 0 aromatic heterocycles. The molecule has 0 atom stereocenters. The normalized spacial score (nSPS) is 19.8. The van der Waals surface area contributed by atoms with Gasteiger partial charge in [-0.2, -0.15) is 30.7 Å². The third kappa shape index (κ3) is 6.05. The average molecular weight is 491 g/mol. The first-order chi connectivity index (χ1) is 15.9. The van der Waals surface area contributed by atoms with Crippen LogP contribution in [0.1, 0.15) is 69.8 Å². The molecular formula is C26H29F7O. The van der Waals surface area contributed by atoms with Crippen molar-refractivity contribution in [1.82, 2.24) is 0 Å². The summed E-state index contributed by atoms with van der Waals surface area (Å²) in [4.78, 5) is 0. The predicted octanol–water partition coefficient (Wildman–Crippen LogP) is 9.38. The maximum absolute atomic E-state index is 13.4. The van der Waals surface area contributed by atoms with Gasteiger partial charge in [0.05, 0.1) is 0 Å². The van der Waals surface area contributed by atoms with Crippen LogP contribution in [0.2, 0.25) is 0 Å². The molecule has 0 heterocycles. The fourth-order valence-corrected chi connectivity index (χ4v) is 4.51. The van der Waals surface area contributed by atoms with Crippen molar-refractivity contribution in [3.63, 3.8) is 0 Å². The quantitative estimate of drug-likeness (QED) is 0.251. The zero-order chi connectivity index (χ0) is 25.0. The van der Waals surface area contributed by atoms with Crippen LogP contribution < -0.4 is 4.74 Å². The molecule has 0 spiro atoms. The highest BCUT2D eigenvalue weighted by atomic mass is 19.4. The zero-order valence-corrected chi connectivity index (χ0v) is 19.0. The summed E-state index contributed by atoms with van der Waals surface area (Å²) >= 11 is 0. The lowest BCUT2D eigenvalue weighted by molar-refractivity contribution is -0.402. The Morgan fingerprint density at radius 2 is 1.26 bits per heavy atom. The van der Waals surface area contributed by atoms with E-state index in [1.54, 1.807) is 0 Å². The van der Waals surface area contributed by atoms with Crippen LogP contribution in [0.15, 0.2) is 48.5 Å². The molecule has 34 heavy (non-hydrogen) atoms. The van der Waals surface area contributed by atoms with Crippen LogP contribution in [0.25, 0.3) is 11.1 Å². The highest BCUT2D eigenvalue weighted by Crippen LogP contribution is 2.47. The molecule has 1 aliphatic carbocycles. The van der Waals surface area contributed by atoms with E-state index in [-0.39, 0.29) is 0 Å². The van der Waals surface area contributed by atoms with Gasteiger partial charge in [0.25, 0.3) is 0 Å². The molecule has 2 aromatic rings. The summed E-state index contributed by atoms with van der Waals surface area (Å²) in [5.41, 5.74) is 2.62. The van der Waals surface area contributed by atoms with E-state index < -0.39 is 24.0 Å². The van der Waals surface area contributed by atoms with Gasteiger partial charge in [-0.3, -0.25) is 0 Å². The maximum Gasteiger partial charge on any atom is 0.474 e. The molecule has 1 saturated carbocycles. The van der Waals surface area contributed by atoms with Crippen LogP contribution >= 0.6 is 0 Å². The van der Waals surface area contributed by atoms with Gasteiger partial charge in [0.2, 0.25) is 0 Å². The molecule has 1 aliphatic rings. The van der Waals surface area contributed by atoms with E-state index >= 15 is 0 Å². The number of unbranched alkanes of at least 4 members (excludes halogenated alkanes) is 2. The first-order valence-electron chi connectivity index (χ1n) is 11.7. The monoisotopic (exact) mass is 490 g/mol. The zero-order valence-electron chi connectivity index (χ0n) is 19.0. The van der Waals surface area contributed by atoms with Crippen molar-refractivity contribution < 1.29 is 35.5 Å². The maximum atomic E-state index is 13.4. The summed E-state index contributed by atoms with van der Waals surface area (Å²) in [7, 11) is 0. The van der Waals surface area contributed by atoms with Gasteiger partial charge in [0.1, 0.15) is 5.75 Å². The van der Waals surface area contributed by atoms with Crippen LogP contribution in [-0.2, 0) is 0 Å². The third-order valence-corrected chi connectivity index (χ3v) is 6.60. The molecule has 0 radical (unpaired) electrons. The topological polar surface area (TPSA) is 9.23 Å². The molecule has 0 bridgehead atoms. The van der Waals surface area contributed by atoms with Crippen LogP contribution in [0.5, 0.6) is 5.75 Å². The molecule has 8 heteroatoms. The fourth-order valence-electron chi connectivity index (χ4n) is 4.51. The first kappa shape index (κ1) is 26.4. The number of benzene rings is 2. The molecule has 0 unspecified atom stereocenters. The van der Waals surface area contributed by atoms with Gasteiger partial charge < -0.3 is 4.74 Å². The standard InChI is InChI=1S/C26H29F7O/c1-2-3-4-5-18-6-8-19(9-7-18)20-10-12-21(13-11-20)22-14-16-23(17-15-22)34-26(32,33)24(27,28)25(29,30)31/h10-19H,2-9H2,1H3. The predicted molar refractivity (Wildman–Crippen MR) is 117 cm³/mol. The third-order valence-electron chi connectivity index (χ3n) is 6.60. The van der Waals surface area contributed by atoms with Crippen molar-refractivity contribution >= 4 is 0 Å². The lowest BCUT2D eigenvalue weighted by Crippen LogP contribution is -2.55. The molecule has 0 N–H and O–H groups in total. The highest BCUT2D eigenvalue weighted by molar-refractivity contribution is 5.64. The van der Waals surface area contributed by atoms with Crippen molar-refractivity contribution in [1.29, 1.82) is 0 Å². The molecule has 188 valence electrons. The van der Waals surface area contributed by atoms with Gasteiger partial charge in [-0.1, -0.05) is 69.0 Å². The molecule has 0 amide bonds. The average Bonchev–Trinajstić information content (AvgIpc) is 2.79. The highest BCUT2D eigenvalue weighted by Gasteiger charge is 2.75. The van der Waals surface area contributed by atoms with E-state index in [1.165, 1.54) is 56.2 Å². The summed E-state index contributed by atoms with van der Waals surface area (Å²) in [6.07, 6.45) is -2.28. The Bertz CT molecular complexity index is 896. The summed E-state index contributed by atoms with van der Waals surface area (Å²) in [5, 5.41) is 0. The second kappa shape index (κ2) is 10.6. The van der Waals surface area contributed by atoms with E-state index in [9.17, 15) is 30.7 Å². The van der Waals surface area contributed by atoms with Crippen molar-refractivity contribution in [2.24, 2.45) is 5.92 Å². The number of alkyl halides is 7. The Morgan fingerprint density at radius 3 is 1.76 bits per heavy atom. The second-order valence-corrected chi connectivity index (χ2v) is 9.05. The van der Waals surface area contributed by atoms with Crippen molar-refractivity contribution in [3.8, 4) is 16.9 Å². The summed E-state index contributed by atoms with van der Waals surface area (Å²) in [5.74, 6) is -5.79. The number of rotatable bonds is 9. The molecule has 3 rings (SSSR count). The van der Waals surface area contributed by atoms with Gasteiger partial charge in [-0.25, -0.2) is 0 Å². The Morgan fingerprint density at radius 1 is 0.735 bits per heavy atom. The van der Waals surface area contributed by atoms with E-state index in [4.69, 9.17) is 0 Å². The van der Waals surface area contributed by atoms with Crippen molar-refractivity contribution in [2.45, 2.75) is 82.4 Å². The Kier molecular flexibility index (Phi) is 8.19. The fraction of sp³-hybridized carbons (Fsp3) is 0.538. The number of hydrogen-bond donors (Lipinski definition) is 0. The number of halogens is 7. The number of hydrogen-bond acceptors (Lipinski definition) is 1. The Hall–Kier alpha value is -2.25. The minimum atomic E-state index is -6.44. The largest absolute Gasteiger partial charge is 0.474 e. The van der Waals surface area contributed by atoms with Crippen molar-refractivity contribution in [2.75, 3.05) is 0 Å². The summed E-state index contributed by atoms with van der Waals surface area (Å²) in [6.45, 7) is 2.21. The van der Waals surface area contributed by atoms with Gasteiger partial charge in [0.15, 0.2) is 0 Å². The molecule has 1 fully saturated rings. The molecule has 0 saturated heterocycles. The molecule has 0 aliphatic heterocycles. The van der Waals surface area contributed by atoms with Crippen LogP contribution in [0.4, 0.5) is 30.7 Å². The Balaban J connectivity index is 1.59. The van der Waals surface area contributed by atoms with E-state index in [1.807, 2.05) is 24.3 Å². The van der Waals surface area contributed by atoms with E-state index in [2.05, 4.69) is 11.7 Å². The molecule has 1 nitrogen and oxygen atoms in total. The summed E-state index contributed by atoms with van der Waals surface area (Å²) < 4.78 is 93.4. The van der Waals surface area contributed by atoms with Gasteiger partial charge in [0, 0.05) is 0 Å². The first-order valence-corrected chi connectivity index (χ1v) is 11.7. The Labute approximate surface area is 195 Å². The second-order valence-electron chi connectivity index (χ2n) is 9.05. The van der Waals surface area contributed by atoms with Crippen LogP contribution in [0.3, 0.4) is 0 Å². The lowest BCUT2D eigenvalue weighted by Gasteiger charge is -2.29. The summed E-state index contributed by atoms with van der Waals surface area (Å²) in [6, 6.07) is 12.4. The van der Waals surface area contributed by atoms with Crippen LogP contribution in [-0.4, -0.2) is 18.2 Å². The minimum Gasteiger partial charge on any atom is -0.428 e. The van der Waals surface area contributed by atoms with Gasteiger partial charge in [-0.05, 0) is 66.3 Å². The SMILES string of the molecule is CCCCCC1CCC(c2ccc(-c3ccc(OC(F)(F)C(F)(F)C(F)(F)F)cc3)cc2)CC1. The van der Waals surface area contributed by atoms with E-state index in [0.717, 1.165) is 36.5 Å². The lowest BCUT2D eigenvalue weighted by atomic mass is 9.77. The minimum absolute atomic E-state index is 0.504. The van der Waals surface area contributed by atoms with Gasteiger partial charge >= 0.3 is 18.2 Å². The van der Waals surface area contributed by atoms with Gasteiger partial charge in [-0.15, -0.1) is 0 Å². The van der Waals surface area contributed by atoms with E-state index in [0.29, 0.717) is 11.5 Å².